The molecule has 1 unspecified atom stereocenters. The SMILES string of the molecule is CCn1cc(C(NN)C2CCC(C(C)C)CC2)cn1. The predicted molar refractivity (Wildman–Crippen MR) is 78.3 cm³/mol. The van der Waals surface area contributed by atoms with Crippen molar-refractivity contribution < 1.29 is 0 Å². The number of rotatable bonds is 5. The van der Waals surface area contributed by atoms with E-state index >= 15 is 0 Å². The highest BCUT2D eigenvalue weighted by molar-refractivity contribution is 5.12. The molecule has 0 aliphatic heterocycles. The maximum Gasteiger partial charge on any atom is 0.0538 e. The third-order valence-corrected chi connectivity index (χ3v) is 4.75. The van der Waals surface area contributed by atoms with Gasteiger partial charge in [0.05, 0.1) is 12.2 Å². The number of nitrogens with zero attached hydrogens (tertiary/aromatic N) is 2. The fourth-order valence-corrected chi connectivity index (χ4v) is 3.36. The lowest BCUT2D eigenvalue weighted by atomic mass is 9.74. The topological polar surface area (TPSA) is 55.9 Å². The molecule has 19 heavy (non-hydrogen) atoms. The van der Waals surface area contributed by atoms with Crippen LogP contribution in [0.1, 0.15) is 58.1 Å². The largest absolute Gasteiger partial charge is 0.273 e. The Kier molecular flexibility index (Phi) is 4.99. The summed E-state index contributed by atoms with van der Waals surface area (Å²) in [6.45, 7) is 7.71. The smallest absolute Gasteiger partial charge is 0.0538 e. The number of hydrazine groups is 1. The zero-order chi connectivity index (χ0) is 13.8. The van der Waals surface area contributed by atoms with Crippen LogP contribution in [0.15, 0.2) is 12.4 Å². The summed E-state index contributed by atoms with van der Waals surface area (Å²) in [4.78, 5) is 0. The van der Waals surface area contributed by atoms with E-state index in [-0.39, 0.29) is 6.04 Å². The molecule has 1 aliphatic carbocycles. The Labute approximate surface area is 116 Å². The molecule has 1 saturated carbocycles. The molecule has 1 aromatic heterocycles. The van der Waals surface area contributed by atoms with Crippen LogP contribution >= 0.6 is 0 Å². The first-order valence-electron chi connectivity index (χ1n) is 7.64. The van der Waals surface area contributed by atoms with Gasteiger partial charge in [-0.2, -0.15) is 5.10 Å². The second kappa shape index (κ2) is 6.53. The lowest BCUT2D eigenvalue weighted by Gasteiger charge is -2.34. The highest BCUT2D eigenvalue weighted by atomic mass is 15.3. The summed E-state index contributed by atoms with van der Waals surface area (Å²) in [5.41, 5.74) is 4.25. The minimum Gasteiger partial charge on any atom is -0.273 e. The van der Waals surface area contributed by atoms with Crippen LogP contribution < -0.4 is 11.3 Å². The molecular weight excluding hydrogens is 236 g/mol. The molecule has 0 radical (unpaired) electrons. The Morgan fingerprint density at radius 2 is 1.95 bits per heavy atom. The first-order chi connectivity index (χ1) is 9.15. The van der Waals surface area contributed by atoms with Gasteiger partial charge in [-0.15, -0.1) is 0 Å². The lowest BCUT2D eigenvalue weighted by molar-refractivity contribution is 0.189. The molecule has 108 valence electrons. The van der Waals surface area contributed by atoms with E-state index in [4.69, 9.17) is 5.84 Å². The molecule has 1 aromatic rings. The zero-order valence-corrected chi connectivity index (χ0v) is 12.5. The highest BCUT2D eigenvalue weighted by Gasteiger charge is 2.29. The molecule has 1 aliphatic rings. The van der Waals surface area contributed by atoms with Gasteiger partial charge in [0, 0.05) is 18.3 Å². The van der Waals surface area contributed by atoms with Gasteiger partial charge in [0.15, 0.2) is 0 Å². The standard InChI is InChI=1S/C15H28N4/c1-4-19-10-14(9-17-19)15(18-16)13-7-5-12(6-8-13)11(2)3/h9-13,15,18H,4-8,16H2,1-3H3. The van der Waals surface area contributed by atoms with Gasteiger partial charge in [0.25, 0.3) is 0 Å². The molecule has 0 amide bonds. The molecule has 0 aromatic carbocycles. The Morgan fingerprint density at radius 1 is 1.32 bits per heavy atom. The van der Waals surface area contributed by atoms with Crippen molar-refractivity contribution in [2.75, 3.05) is 0 Å². The molecule has 1 heterocycles. The summed E-state index contributed by atoms with van der Waals surface area (Å²) in [5, 5.41) is 4.36. The average Bonchev–Trinajstić information content (AvgIpc) is 2.89. The maximum atomic E-state index is 5.79. The average molecular weight is 264 g/mol. The molecule has 4 heteroatoms. The van der Waals surface area contributed by atoms with Gasteiger partial charge in [-0.3, -0.25) is 16.0 Å². The van der Waals surface area contributed by atoms with Crippen LogP contribution in [0.4, 0.5) is 0 Å². The van der Waals surface area contributed by atoms with E-state index < -0.39 is 0 Å². The van der Waals surface area contributed by atoms with Gasteiger partial charge < -0.3 is 0 Å². The van der Waals surface area contributed by atoms with E-state index in [9.17, 15) is 0 Å². The summed E-state index contributed by atoms with van der Waals surface area (Å²) in [5.74, 6) is 8.15. The minimum atomic E-state index is 0.258. The maximum absolute atomic E-state index is 5.79. The van der Waals surface area contributed by atoms with Crippen LogP contribution in [0.5, 0.6) is 0 Å². The van der Waals surface area contributed by atoms with Crippen molar-refractivity contribution in [3.63, 3.8) is 0 Å². The molecule has 3 N–H and O–H groups in total. The normalized spacial score (nSPS) is 25.7. The van der Waals surface area contributed by atoms with Crippen molar-refractivity contribution in [3.8, 4) is 0 Å². The Balaban J connectivity index is 1.99. The number of aryl methyl sites for hydroxylation is 1. The molecule has 0 saturated heterocycles. The van der Waals surface area contributed by atoms with Gasteiger partial charge in [-0.05, 0) is 50.4 Å². The second-order valence-electron chi connectivity index (χ2n) is 6.19. The predicted octanol–water partition coefficient (Wildman–Crippen LogP) is 2.87. The fourth-order valence-electron chi connectivity index (χ4n) is 3.36. The highest BCUT2D eigenvalue weighted by Crippen LogP contribution is 2.38. The number of hydrogen-bond acceptors (Lipinski definition) is 3. The van der Waals surface area contributed by atoms with E-state index in [1.807, 2.05) is 10.9 Å². The molecule has 2 rings (SSSR count). The lowest BCUT2D eigenvalue weighted by Crippen LogP contribution is -2.35. The van der Waals surface area contributed by atoms with E-state index in [2.05, 4.69) is 37.5 Å². The number of nitrogens with two attached hydrogens (primary N) is 1. The second-order valence-corrected chi connectivity index (χ2v) is 6.19. The van der Waals surface area contributed by atoms with Crippen LogP contribution in [0.2, 0.25) is 0 Å². The molecule has 0 bridgehead atoms. The van der Waals surface area contributed by atoms with E-state index in [1.54, 1.807) is 0 Å². The van der Waals surface area contributed by atoms with Crippen molar-refractivity contribution >= 4 is 0 Å². The van der Waals surface area contributed by atoms with Crippen LogP contribution in [0, 0.1) is 17.8 Å². The summed E-state index contributed by atoms with van der Waals surface area (Å²) >= 11 is 0. The first-order valence-corrected chi connectivity index (χ1v) is 7.64. The summed E-state index contributed by atoms with van der Waals surface area (Å²) in [6, 6.07) is 0.258. The monoisotopic (exact) mass is 264 g/mol. The van der Waals surface area contributed by atoms with Gasteiger partial charge in [0.1, 0.15) is 0 Å². The number of nitrogens with one attached hydrogen (secondary N) is 1. The van der Waals surface area contributed by atoms with Crippen LogP contribution in [-0.4, -0.2) is 9.78 Å². The van der Waals surface area contributed by atoms with Crippen molar-refractivity contribution in [1.82, 2.24) is 15.2 Å². The van der Waals surface area contributed by atoms with Gasteiger partial charge in [-0.25, -0.2) is 0 Å². The summed E-state index contributed by atoms with van der Waals surface area (Å²) in [6.07, 6.45) is 9.30. The van der Waals surface area contributed by atoms with Gasteiger partial charge in [-0.1, -0.05) is 13.8 Å². The molecule has 1 fully saturated rings. The van der Waals surface area contributed by atoms with Gasteiger partial charge in [0.2, 0.25) is 0 Å². The quantitative estimate of drug-likeness (QED) is 0.635. The molecule has 1 atom stereocenters. The third-order valence-electron chi connectivity index (χ3n) is 4.75. The minimum absolute atomic E-state index is 0.258. The van der Waals surface area contributed by atoms with Crippen molar-refractivity contribution in [2.45, 2.75) is 59.0 Å². The van der Waals surface area contributed by atoms with Crippen molar-refractivity contribution in [3.05, 3.63) is 18.0 Å². The van der Waals surface area contributed by atoms with E-state index in [0.717, 1.165) is 18.4 Å². The Hall–Kier alpha value is -0.870. The van der Waals surface area contributed by atoms with E-state index in [0.29, 0.717) is 5.92 Å². The van der Waals surface area contributed by atoms with Crippen LogP contribution in [-0.2, 0) is 6.54 Å². The first kappa shape index (κ1) is 14.5. The van der Waals surface area contributed by atoms with E-state index in [1.165, 1.54) is 31.2 Å². The number of aromatic nitrogens is 2. The number of hydrogen-bond donors (Lipinski definition) is 2. The molecule has 0 spiro atoms. The summed E-state index contributed by atoms with van der Waals surface area (Å²) < 4.78 is 1.97. The molecular formula is C15H28N4. The van der Waals surface area contributed by atoms with Crippen LogP contribution in [0.25, 0.3) is 0 Å². The van der Waals surface area contributed by atoms with Crippen LogP contribution in [0.3, 0.4) is 0 Å². The summed E-state index contributed by atoms with van der Waals surface area (Å²) in [7, 11) is 0. The Bertz CT molecular complexity index is 377. The van der Waals surface area contributed by atoms with Gasteiger partial charge >= 0.3 is 0 Å². The van der Waals surface area contributed by atoms with Crippen molar-refractivity contribution in [2.24, 2.45) is 23.6 Å². The van der Waals surface area contributed by atoms with Crippen molar-refractivity contribution in [1.29, 1.82) is 0 Å². The molecule has 4 nitrogen and oxygen atoms in total. The fraction of sp³-hybridized carbons (Fsp3) is 0.800. The third kappa shape index (κ3) is 3.37. The Morgan fingerprint density at radius 3 is 2.42 bits per heavy atom. The zero-order valence-electron chi connectivity index (χ0n) is 12.5.